The molecule has 27 heavy (non-hydrogen) atoms. The standard InChI is InChI=1S/C19H22N2O4S.ClH/c20-11-15-12-21(13-16(15)14-5-2-1-3-6-14)26(22,23)18-8-4-7-17-19(18)25-10-9-24-17;/h1-8,15-16H,9-13,20H2;1H/t15-,16+;/m1./s1. The number of fused-ring (bicyclic) bond motifs is 1. The minimum Gasteiger partial charge on any atom is -0.486 e. The number of hydrogen-bond donors (Lipinski definition) is 1. The average molecular weight is 411 g/mol. The van der Waals surface area contributed by atoms with E-state index in [1.165, 1.54) is 4.31 Å². The van der Waals surface area contributed by atoms with E-state index in [-0.39, 0.29) is 29.1 Å². The zero-order valence-electron chi connectivity index (χ0n) is 14.8. The van der Waals surface area contributed by atoms with Gasteiger partial charge in [0.2, 0.25) is 10.0 Å². The number of para-hydroxylation sites is 1. The number of rotatable bonds is 4. The van der Waals surface area contributed by atoms with Gasteiger partial charge >= 0.3 is 0 Å². The summed E-state index contributed by atoms with van der Waals surface area (Å²) in [5.41, 5.74) is 7.07. The van der Waals surface area contributed by atoms with Crippen LogP contribution in [0.15, 0.2) is 53.4 Å². The third-order valence-electron chi connectivity index (χ3n) is 5.09. The minimum atomic E-state index is -3.69. The molecule has 2 atom stereocenters. The molecule has 1 fully saturated rings. The molecule has 2 aromatic rings. The molecule has 4 rings (SSSR count). The lowest BCUT2D eigenvalue weighted by Gasteiger charge is -2.23. The number of benzene rings is 2. The highest BCUT2D eigenvalue weighted by atomic mass is 35.5. The maximum Gasteiger partial charge on any atom is 0.246 e. The van der Waals surface area contributed by atoms with E-state index in [2.05, 4.69) is 0 Å². The Bertz CT molecular complexity index is 892. The summed E-state index contributed by atoms with van der Waals surface area (Å²) in [4.78, 5) is 0.166. The fraction of sp³-hybridized carbons (Fsp3) is 0.368. The second kappa shape index (κ2) is 8.06. The first-order valence-electron chi connectivity index (χ1n) is 8.75. The van der Waals surface area contributed by atoms with E-state index in [4.69, 9.17) is 15.2 Å². The largest absolute Gasteiger partial charge is 0.486 e. The molecule has 2 aliphatic heterocycles. The monoisotopic (exact) mass is 410 g/mol. The number of hydrogen-bond acceptors (Lipinski definition) is 5. The second-order valence-corrected chi connectivity index (χ2v) is 8.52. The lowest BCUT2D eigenvalue weighted by Crippen LogP contribution is -2.31. The van der Waals surface area contributed by atoms with Crippen LogP contribution in [0, 0.1) is 5.92 Å². The van der Waals surface area contributed by atoms with Crippen molar-refractivity contribution in [2.24, 2.45) is 11.7 Å². The van der Waals surface area contributed by atoms with Crippen molar-refractivity contribution in [3.63, 3.8) is 0 Å². The van der Waals surface area contributed by atoms with Crippen LogP contribution in [0.1, 0.15) is 11.5 Å². The van der Waals surface area contributed by atoms with Crippen LogP contribution in [0.25, 0.3) is 0 Å². The third-order valence-corrected chi connectivity index (χ3v) is 6.94. The maximum atomic E-state index is 13.3. The van der Waals surface area contributed by atoms with Gasteiger partial charge in [0.15, 0.2) is 11.5 Å². The molecule has 0 saturated carbocycles. The summed E-state index contributed by atoms with van der Waals surface area (Å²) >= 11 is 0. The summed E-state index contributed by atoms with van der Waals surface area (Å²) in [5, 5.41) is 0. The summed E-state index contributed by atoms with van der Waals surface area (Å²) in [6.45, 7) is 2.03. The lowest BCUT2D eigenvalue weighted by molar-refractivity contribution is 0.166. The van der Waals surface area contributed by atoms with Crippen molar-refractivity contribution < 1.29 is 17.9 Å². The maximum absolute atomic E-state index is 13.3. The fourth-order valence-corrected chi connectivity index (χ4v) is 5.40. The minimum absolute atomic E-state index is 0. The van der Waals surface area contributed by atoms with Crippen LogP contribution >= 0.6 is 12.4 Å². The van der Waals surface area contributed by atoms with Crippen molar-refractivity contribution in [3.05, 3.63) is 54.1 Å². The van der Waals surface area contributed by atoms with Gasteiger partial charge in [0.05, 0.1) is 0 Å². The molecule has 0 aliphatic carbocycles. The Hall–Kier alpha value is -1.80. The molecule has 0 unspecified atom stereocenters. The summed E-state index contributed by atoms with van der Waals surface area (Å²) in [5.74, 6) is 0.967. The van der Waals surface area contributed by atoms with Crippen LogP contribution < -0.4 is 15.2 Å². The third kappa shape index (κ3) is 3.65. The van der Waals surface area contributed by atoms with E-state index in [0.717, 1.165) is 5.56 Å². The van der Waals surface area contributed by atoms with E-state index in [1.807, 2.05) is 30.3 Å². The van der Waals surface area contributed by atoms with Crippen LogP contribution in [0.4, 0.5) is 0 Å². The Morgan fingerprint density at radius 2 is 1.74 bits per heavy atom. The average Bonchev–Trinajstić information content (AvgIpc) is 3.13. The number of ether oxygens (including phenoxy) is 2. The van der Waals surface area contributed by atoms with Crippen LogP contribution in [0.2, 0.25) is 0 Å². The quantitative estimate of drug-likeness (QED) is 0.835. The topological polar surface area (TPSA) is 81.9 Å². The van der Waals surface area contributed by atoms with Gasteiger partial charge in [-0.05, 0) is 30.2 Å². The van der Waals surface area contributed by atoms with Gasteiger partial charge in [0.25, 0.3) is 0 Å². The van der Waals surface area contributed by atoms with Crippen LogP contribution in [0.3, 0.4) is 0 Å². The highest BCUT2D eigenvalue weighted by molar-refractivity contribution is 7.89. The molecule has 2 heterocycles. The van der Waals surface area contributed by atoms with Gasteiger partial charge in [0.1, 0.15) is 18.1 Å². The van der Waals surface area contributed by atoms with E-state index < -0.39 is 10.0 Å². The normalized spacial score (nSPS) is 22.3. The molecule has 1 saturated heterocycles. The van der Waals surface area contributed by atoms with Gasteiger partial charge in [0, 0.05) is 19.0 Å². The van der Waals surface area contributed by atoms with Crippen LogP contribution in [-0.4, -0.2) is 45.6 Å². The predicted molar refractivity (Wildman–Crippen MR) is 105 cm³/mol. The van der Waals surface area contributed by atoms with Crippen LogP contribution in [0.5, 0.6) is 11.5 Å². The zero-order valence-corrected chi connectivity index (χ0v) is 16.4. The SMILES string of the molecule is Cl.NC[C@@H]1CN(S(=O)(=O)c2cccc3c2OCCO3)C[C@H]1c1ccccc1. The molecular weight excluding hydrogens is 388 g/mol. The molecule has 146 valence electrons. The first-order chi connectivity index (χ1) is 12.6. The van der Waals surface area contributed by atoms with E-state index in [1.54, 1.807) is 18.2 Å². The Kier molecular flexibility index (Phi) is 5.95. The molecule has 2 N–H and O–H groups in total. The first kappa shape index (κ1) is 19.9. The van der Waals surface area contributed by atoms with Crippen molar-refractivity contribution in [1.29, 1.82) is 0 Å². The Morgan fingerprint density at radius 1 is 1.00 bits per heavy atom. The number of sulfonamides is 1. The molecule has 6 nitrogen and oxygen atoms in total. The summed E-state index contributed by atoms with van der Waals surface area (Å²) in [6, 6.07) is 15.0. The second-order valence-electron chi connectivity index (χ2n) is 6.62. The molecule has 8 heteroatoms. The van der Waals surface area contributed by atoms with E-state index in [9.17, 15) is 8.42 Å². The summed E-state index contributed by atoms with van der Waals surface area (Å²) in [7, 11) is -3.69. The molecule has 0 amide bonds. The Morgan fingerprint density at radius 3 is 2.48 bits per heavy atom. The van der Waals surface area contributed by atoms with Gasteiger partial charge in [-0.3, -0.25) is 0 Å². The molecule has 2 aromatic carbocycles. The smallest absolute Gasteiger partial charge is 0.246 e. The Labute approximate surface area is 165 Å². The highest BCUT2D eigenvalue weighted by Crippen LogP contribution is 2.41. The Balaban J connectivity index is 0.00000210. The first-order valence-corrected chi connectivity index (χ1v) is 10.2. The van der Waals surface area contributed by atoms with Crippen molar-refractivity contribution in [2.45, 2.75) is 10.8 Å². The number of nitrogens with zero attached hydrogens (tertiary/aromatic N) is 1. The molecule has 0 bridgehead atoms. The van der Waals surface area contributed by atoms with E-state index in [0.29, 0.717) is 44.3 Å². The number of halogens is 1. The van der Waals surface area contributed by atoms with Gasteiger partial charge in [-0.15, -0.1) is 12.4 Å². The molecular formula is C19H23ClN2O4S. The van der Waals surface area contributed by atoms with E-state index >= 15 is 0 Å². The van der Waals surface area contributed by atoms with Gasteiger partial charge in [-0.25, -0.2) is 8.42 Å². The molecule has 0 aromatic heterocycles. The summed E-state index contributed by atoms with van der Waals surface area (Å²) < 4.78 is 39.2. The van der Waals surface area contributed by atoms with Crippen molar-refractivity contribution >= 4 is 22.4 Å². The summed E-state index contributed by atoms with van der Waals surface area (Å²) in [6.07, 6.45) is 0. The van der Waals surface area contributed by atoms with Gasteiger partial charge in [-0.2, -0.15) is 4.31 Å². The van der Waals surface area contributed by atoms with Gasteiger partial charge < -0.3 is 15.2 Å². The molecule has 0 radical (unpaired) electrons. The number of nitrogens with two attached hydrogens (primary N) is 1. The zero-order chi connectivity index (χ0) is 18.1. The van der Waals surface area contributed by atoms with Crippen molar-refractivity contribution in [1.82, 2.24) is 4.31 Å². The highest BCUT2D eigenvalue weighted by Gasteiger charge is 2.41. The molecule has 2 aliphatic rings. The van der Waals surface area contributed by atoms with Crippen molar-refractivity contribution in [2.75, 3.05) is 32.8 Å². The fourth-order valence-electron chi connectivity index (χ4n) is 3.73. The van der Waals surface area contributed by atoms with Gasteiger partial charge in [-0.1, -0.05) is 36.4 Å². The van der Waals surface area contributed by atoms with Crippen LogP contribution in [-0.2, 0) is 10.0 Å². The lowest BCUT2D eigenvalue weighted by atomic mass is 9.89. The van der Waals surface area contributed by atoms with Crippen molar-refractivity contribution in [3.8, 4) is 11.5 Å². The molecule has 0 spiro atoms. The predicted octanol–water partition coefficient (Wildman–Crippen LogP) is 2.24.